The Balaban J connectivity index is 0.000000491. The highest BCUT2D eigenvalue weighted by molar-refractivity contribution is 5.44. The molecule has 1 heterocycles. The number of rotatable bonds is 4. The van der Waals surface area contributed by atoms with Gasteiger partial charge in [-0.05, 0) is 37.5 Å². The molecule has 2 aromatic rings. The maximum absolute atomic E-state index is 8.95. The molecular weight excluding hydrogens is 268 g/mol. The second kappa shape index (κ2) is 8.09. The molecule has 0 unspecified atom stereocenters. The number of methoxy groups -OCH3 is 2. The third kappa shape index (κ3) is 4.34. The quantitative estimate of drug-likeness (QED) is 0.812. The normalized spacial score (nSPS) is 9.57. The molecule has 1 aromatic carbocycles. The maximum Gasteiger partial charge on any atom is 0.292 e. The Morgan fingerprint density at radius 3 is 2.38 bits per heavy atom. The first-order valence-corrected chi connectivity index (χ1v) is 6.73. The SMILES string of the molecule is CCc1nn(-c2ccc(C)c(OC)c2)cc1C.COC=O. The number of benzene rings is 1. The van der Waals surface area contributed by atoms with E-state index in [0.29, 0.717) is 6.47 Å². The van der Waals surface area contributed by atoms with Gasteiger partial charge in [0.2, 0.25) is 0 Å². The Labute approximate surface area is 125 Å². The number of nitrogens with zero attached hydrogens (tertiary/aromatic N) is 2. The third-order valence-electron chi connectivity index (χ3n) is 3.09. The minimum absolute atomic E-state index is 0.375. The zero-order valence-electron chi connectivity index (χ0n) is 13.2. The standard InChI is InChI=1S/C14H18N2O.C2H4O2/c1-5-13-11(3)9-16(15-13)12-7-6-10(2)14(8-12)17-4;1-4-2-3/h6-9H,5H2,1-4H3;2H,1H3. The largest absolute Gasteiger partial charge is 0.496 e. The number of hydrogen-bond donors (Lipinski definition) is 0. The van der Waals surface area contributed by atoms with Gasteiger partial charge in [0.1, 0.15) is 5.75 Å². The summed E-state index contributed by atoms with van der Waals surface area (Å²) < 4.78 is 11.1. The zero-order chi connectivity index (χ0) is 15.8. The molecule has 2 rings (SSSR count). The van der Waals surface area contributed by atoms with Crippen LogP contribution < -0.4 is 4.74 Å². The fraction of sp³-hybridized carbons (Fsp3) is 0.375. The molecule has 0 spiro atoms. The Kier molecular flexibility index (Phi) is 6.46. The summed E-state index contributed by atoms with van der Waals surface area (Å²) in [6, 6.07) is 6.13. The molecular formula is C16H22N2O3. The maximum atomic E-state index is 8.95. The molecule has 0 aliphatic carbocycles. The molecule has 0 aliphatic rings. The molecule has 5 nitrogen and oxygen atoms in total. The fourth-order valence-corrected chi connectivity index (χ4v) is 1.93. The van der Waals surface area contributed by atoms with Crippen molar-refractivity contribution in [3.05, 3.63) is 41.2 Å². The Bertz CT molecular complexity index is 591. The third-order valence-corrected chi connectivity index (χ3v) is 3.09. The van der Waals surface area contributed by atoms with Gasteiger partial charge in [0.25, 0.3) is 6.47 Å². The number of aryl methyl sites for hydroxylation is 3. The number of carbonyl (C=O) groups is 1. The van der Waals surface area contributed by atoms with Gasteiger partial charge in [-0.25, -0.2) is 4.68 Å². The molecule has 0 saturated carbocycles. The van der Waals surface area contributed by atoms with Crippen LogP contribution in [0.1, 0.15) is 23.7 Å². The molecule has 114 valence electrons. The number of hydrogen-bond acceptors (Lipinski definition) is 4. The fourth-order valence-electron chi connectivity index (χ4n) is 1.93. The van der Waals surface area contributed by atoms with Crippen molar-refractivity contribution in [2.45, 2.75) is 27.2 Å². The van der Waals surface area contributed by atoms with Gasteiger partial charge in [-0.3, -0.25) is 4.79 Å². The van der Waals surface area contributed by atoms with Crippen molar-refractivity contribution in [1.29, 1.82) is 0 Å². The van der Waals surface area contributed by atoms with E-state index in [4.69, 9.17) is 9.53 Å². The van der Waals surface area contributed by atoms with Crippen LogP contribution in [0.2, 0.25) is 0 Å². The van der Waals surface area contributed by atoms with Crippen LogP contribution in [0.5, 0.6) is 5.75 Å². The molecule has 0 amide bonds. The van der Waals surface area contributed by atoms with Gasteiger partial charge in [-0.1, -0.05) is 13.0 Å². The average Bonchev–Trinajstić information content (AvgIpc) is 2.89. The van der Waals surface area contributed by atoms with Crippen molar-refractivity contribution in [3.8, 4) is 11.4 Å². The van der Waals surface area contributed by atoms with Crippen LogP contribution in [-0.4, -0.2) is 30.5 Å². The van der Waals surface area contributed by atoms with E-state index >= 15 is 0 Å². The highest BCUT2D eigenvalue weighted by Crippen LogP contribution is 2.22. The molecule has 1 aromatic heterocycles. The monoisotopic (exact) mass is 290 g/mol. The van der Waals surface area contributed by atoms with Crippen molar-refractivity contribution >= 4 is 6.47 Å². The van der Waals surface area contributed by atoms with E-state index in [9.17, 15) is 0 Å². The van der Waals surface area contributed by atoms with Gasteiger partial charge < -0.3 is 9.47 Å². The molecule has 0 atom stereocenters. The summed E-state index contributed by atoms with van der Waals surface area (Å²) >= 11 is 0. The van der Waals surface area contributed by atoms with E-state index in [-0.39, 0.29) is 0 Å². The predicted molar refractivity (Wildman–Crippen MR) is 82.0 cm³/mol. The molecule has 0 bridgehead atoms. The predicted octanol–water partition coefficient (Wildman–Crippen LogP) is 2.85. The highest BCUT2D eigenvalue weighted by Gasteiger charge is 2.06. The molecule has 21 heavy (non-hydrogen) atoms. The first-order chi connectivity index (χ1) is 10.1. The summed E-state index contributed by atoms with van der Waals surface area (Å²) in [4.78, 5) is 8.95. The minimum Gasteiger partial charge on any atom is -0.496 e. The number of ether oxygens (including phenoxy) is 2. The minimum atomic E-state index is 0.375. The Morgan fingerprint density at radius 1 is 1.24 bits per heavy atom. The van der Waals surface area contributed by atoms with Gasteiger partial charge in [0.15, 0.2) is 0 Å². The van der Waals surface area contributed by atoms with Gasteiger partial charge in [-0.2, -0.15) is 5.10 Å². The van der Waals surface area contributed by atoms with Crippen LogP contribution >= 0.6 is 0 Å². The van der Waals surface area contributed by atoms with E-state index in [0.717, 1.165) is 29.1 Å². The van der Waals surface area contributed by atoms with Crippen LogP contribution in [0.3, 0.4) is 0 Å². The van der Waals surface area contributed by atoms with Crippen molar-refractivity contribution in [1.82, 2.24) is 9.78 Å². The molecule has 0 radical (unpaired) electrons. The summed E-state index contributed by atoms with van der Waals surface area (Å²) in [5.74, 6) is 0.897. The number of carbonyl (C=O) groups excluding carboxylic acids is 1. The van der Waals surface area contributed by atoms with Crippen molar-refractivity contribution in [2.24, 2.45) is 0 Å². The first-order valence-electron chi connectivity index (χ1n) is 6.73. The van der Waals surface area contributed by atoms with E-state index in [2.05, 4.69) is 42.0 Å². The van der Waals surface area contributed by atoms with Crippen molar-refractivity contribution in [2.75, 3.05) is 14.2 Å². The molecule has 0 N–H and O–H groups in total. The smallest absolute Gasteiger partial charge is 0.292 e. The average molecular weight is 290 g/mol. The lowest BCUT2D eigenvalue weighted by atomic mass is 10.2. The Hall–Kier alpha value is -2.30. The zero-order valence-corrected chi connectivity index (χ0v) is 13.2. The summed E-state index contributed by atoms with van der Waals surface area (Å²) in [6.45, 7) is 6.62. The second-order valence-corrected chi connectivity index (χ2v) is 4.54. The van der Waals surface area contributed by atoms with E-state index in [1.165, 1.54) is 12.7 Å². The highest BCUT2D eigenvalue weighted by atomic mass is 16.5. The topological polar surface area (TPSA) is 53.4 Å². The van der Waals surface area contributed by atoms with Gasteiger partial charge in [0, 0.05) is 12.3 Å². The van der Waals surface area contributed by atoms with Crippen LogP contribution in [-0.2, 0) is 16.0 Å². The van der Waals surface area contributed by atoms with Gasteiger partial charge >= 0.3 is 0 Å². The van der Waals surface area contributed by atoms with Gasteiger partial charge in [-0.15, -0.1) is 0 Å². The van der Waals surface area contributed by atoms with Gasteiger partial charge in [0.05, 0.1) is 25.6 Å². The molecule has 0 fully saturated rings. The van der Waals surface area contributed by atoms with Crippen LogP contribution in [0.4, 0.5) is 0 Å². The number of aromatic nitrogens is 2. The van der Waals surface area contributed by atoms with E-state index in [1.54, 1.807) is 7.11 Å². The summed E-state index contributed by atoms with van der Waals surface area (Å²) in [7, 11) is 3.00. The molecule has 5 heteroatoms. The van der Waals surface area contributed by atoms with Crippen molar-refractivity contribution < 1.29 is 14.3 Å². The van der Waals surface area contributed by atoms with E-state index in [1.807, 2.05) is 17.7 Å². The van der Waals surface area contributed by atoms with Crippen LogP contribution in [0, 0.1) is 13.8 Å². The van der Waals surface area contributed by atoms with Crippen molar-refractivity contribution in [3.63, 3.8) is 0 Å². The first kappa shape index (κ1) is 16.8. The van der Waals surface area contributed by atoms with Crippen LogP contribution in [0.25, 0.3) is 5.69 Å². The lowest BCUT2D eigenvalue weighted by Gasteiger charge is -2.07. The second-order valence-electron chi connectivity index (χ2n) is 4.54. The lowest BCUT2D eigenvalue weighted by molar-refractivity contribution is -0.126. The van der Waals surface area contributed by atoms with Crippen LogP contribution in [0.15, 0.2) is 24.4 Å². The molecule has 0 saturated heterocycles. The summed E-state index contributed by atoms with van der Waals surface area (Å²) in [5.41, 5.74) is 4.54. The van der Waals surface area contributed by atoms with E-state index < -0.39 is 0 Å². The summed E-state index contributed by atoms with van der Waals surface area (Å²) in [6.07, 6.45) is 3.02. The Morgan fingerprint density at radius 2 is 1.90 bits per heavy atom. The molecule has 0 aliphatic heterocycles. The summed E-state index contributed by atoms with van der Waals surface area (Å²) in [5, 5.41) is 4.56. The lowest BCUT2D eigenvalue weighted by Crippen LogP contribution is -1.97.